The molecule has 0 aliphatic heterocycles. The average Bonchev–Trinajstić information content (AvgIpc) is 1.85. The molecule has 0 aliphatic rings. The molecule has 0 amide bonds. The van der Waals surface area contributed by atoms with E-state index in [1.54, 1.807) is 24.3 Å². The van der Waals surface area contributed by atoms with Crippen molar-refractivity contribution in [1.29, 1.82) is 0 Å². The van der Waals surface area contributed by atoms with Crippen LogP contribution in [0.4, 0.5) is 8.78 Å². The van der Waals surface area contributed by atoms with Crippen LogP contribution in [0, 0.1) is 0 Å². The molecule has 0 heterocycles. The maximum absolute atomic E-state index is 12.4. The fourth-order valence-electron chi connectivity index (χ4n) is 0.841. The second kappa shape index (κ2) is 3.33. The Morgan fingerprint density at radius 2 is 1.73 bits per heavy atom. The minimum atomic E-state index is -2.66. The molecule has 0 nitrogen and oxygen atoms in total. The Kier molecular flexibility index (Phi) is 2.63. The molecule has 0 saturated heterocycles. The van der Waals surface area contributed by atoms with E-state index in [1.165, 1.54) is 16.0 Å². The number of benzene rings is 1. The van der Waals surface area contributed by atoms with Crippen molar-refractivity contribution in [2.75, 3.05) is 0 Å². The molecule has 0 unspecified atom stereocenters. The Hall–Kier alpha value is -0.401. The summed E-state index contributed by atoms with van der Waals surface area (Å²) >= 11 is 1.38. The Balaban J connectivity index is 2.66. The summed E-state index contributed by atoms with van der Waals surface area (Å²) in [7, 11) is 0. The van der Waals surface area contributed by atoms with Gasteiger partial charge in [0.05, 0.1) is 0 Å². The van der Waals surface area contributed by atoms with E-state index in [4.69, 9.17) is 0 Å². The van der Waals surface area contributed by atoms with Gasteiger partial charge in [-0.2, -0.15) is 0 Å². The first kappa shape index (κ1) is 8.69. The van der Waals surface area contributed by atoms with Crippen LogP contribution in [-0.2, 0) is 6.42 Å². The SMILES string of the molecule is FC(F)([SeH])Cc1ccccc1. The monoisotopic (exact) mass is 222 g/mol. The van der Waals surface area contributed by atoms with Crippen molar-refractivity contribution in [3.63, 3.8) is 0 Å². The second-order valence-corrected chi connectivity index (χ2v) is 3.70. The van der Waals surface area contributed by atoms with Gasteiger partial charge in [0.15, 0.2) is 0 Å². The third-order valence-electron chi connectivity index (χ3n) is 1.26. The van der Waals surface area contributed by atoms with Gasteiger partial charge in [0, 0.05) is 0 Å². The van der Waals surface area contributed by atoms with Crippen LogP contribution in [0.15, 0.2) is 30.3 Å². The molecule has 1 aromatic rings. The van der Waals surface area contributed by atoms with Crippen molar-refractivity contribution in [2.45, 2.75) is 11.2 Å². The summed E-state index contributed by atoms with van der Waals surface area (Å²) < 4.78 is 24.8. The summed E-state index contributed by atoms with van der Waals surface area (Å²) in [4.78, 5) is -2.66. The first-order valence-electron chi connectivity index (χ1n) is 3.22. The van der Waals surface area contributed by atoms with E-state index in [0.717, 1.165) is 0 Å². The molecule has 0 aliphatic carbocycles. The molecule has 0 saturated carbocycles. The van der Waals surface area contributed by atoms with Gasteiger partial charge in [0.1, 0.15) is 0 Å². The van der Waals surface area contributed by atoms with E-state index >= 15 is 0 Å². The minimum absolute atomic E-state index is 0.201. The first-order chi connectivity index (χ1) is 5.08. The third-order valence-corrected chi connectivity index (χ3v) is 1.59. The van der Waals surface area contributed by atoms with E-state index in [-0.39, 0.29) is 6.42 Å². The van der Waals surface area contributed by atoms with Gasteiger partial charge in [-0.15, -0.1) is 0 Å². The molecule has 1 rings (SSSR count). The Morgan fingerprint density at radius 3 is 2.18 bits per heavy atom. The molecule has 0 bridgehead atoms. The Bertz CT molecular complexity index is 215. The molecule has 0 atom stereocenters. The van der Waals surface area contributed by atoms with E-state index in [1.807, 2.05) is 6.07 Å². The van der Waals surface area contributed by atoms with Gasteiger partial charge in [-0.25, -0.2) is 0 Å². The average molecular weight is 221 g/mol. The second-order valence-electron chi connectivity index (χ2n) is 2.33. The fourth-order valence-corrected chi connectivity index (χ4v) is 1.22. The van der Waals surface area contributed by atoms with Crippen LogP contribution in [0.1, 0.15) is 5.56 Å². The van der Waals surface area contributed by atoms with Gasteiger partial charge >= 0.3 is 71.9 Å². The molecule has 60 valence electrons. The van der Waals surface area contributed by atoms with Crippen molar-refractivity contribution < 1.29 is 8.78 Å². The summed E-state index contributed by atoms with van der Waals surface area (Å²) in [5, 5.41) is 0. The van der Waals surface area contributed by atoms with E-state index in [9.17, 15) is 8.78 Å². The number of halogens is 2. The van der Waals surface area contributed by atoms with Gasteiger partial charge in [-0.05, 0) is 0 Å². The summed E-state index contributed by atoms with van der Waals surface area (Å²) in [6.07, 6.45) is -0.201. The molecule has 0 fully saturated rings. The van der Waals surface area contributed by atoms with Crippen molar-refractivity contribution >= 4 is 16.0 Å². The van der Waals surface area contributed by atoms with Crippen LogP contribution >= 0.6 is 0 Å². The first-order valence-corrected chi connectivity index (χ1v) is 4.16. The van der Waals surface area contributed by atoms with Gasteiger partial charge in [0.25, 0.3) is 0 Å². The third kappa shape index (κ3) is 3.49. The van der Waals surface area contributed by atoms with Crippen LogP contribution in [0.2, 0.25) is 0 Å². The molecular weight excluding hydrogens is 213 g/mol. The van der Waals surface area contributed by atoms with E-state index < -0.39 is 4.82 Å². The zero-order valence-electron chi connectivity index (χ0n) is 5.80. The van der Waals surface area contributed by atoms with Crippen molar-refractivity contribution in [3.8, 4) is 0 Å². The Morgan fingerprint density at radius 1 is 1.18 bits per heavy atom. The topological polar surface area (TPSA) is 0 Å². The van der Waals surface area contributed by atoms with E-state index in [0.29, 0.717) is 5.56 Å². The molecule has 3 heteroatoms. The predicted octanol–water partition coefficient (Wildman–Crippen LogP) is 1.72. The fraction of sp³-hybridized carbons (Fsp3) is 0.250. The van der Waals surface area contributed by atoms with Crippen LogP contribution in [-0.4, -0.2) is 20.8 Å². The number of rotatable bonds is 2. The summed E-state index contributed by atoms with van der Waals surface area (Å²) in [6, 6.07) is 8.72. The van der Waals surface area contributed by atoms with Crippen LogP contribution in [0.25, 0.3) is 0 Å². The molecular formula is C8H8F2Se. The molecule has 1 aromatic carbocycles. The zero-order chi connectivity index (χ0) is 8.32. The van der Waals surface area contributed by atoms with Gasteiger partial charge < -0.3 is 0 Å². The summed E-state index contributed by atoms with van der Waals surface area (Å²) in [5.41, 5.74) is 0.665. The quantitative estimate of drug-likeness (QED) is 0.667. The maximum atomic E-state index is 12.4. The standard InChI is InChI=1S/C8H8F2Se/c9-8(10,11)6-7-4-2-1-3-5-7/h1-5,11H,6H2. The van der Waals surface area contributed by atoms with Crippen LogP contribution in [0.3, 0.4) is 0 Å². The zero-order valence-corrected chi connectivity index (χ0v) is 7.67. The molecule has 0 radical (unpaired) electrons. The number of alkyl halides is 2. The van der Waals surface area contributed by atoms with Gasteiger partial charge in [-0.1, -0.05) is 0 Å². The predicted molar refractivity (Wildman–Crippen MR) is 42.2 cm³/mol. The molecule has 0 N–H and O–H groups in total. The number of hydrogen-bond acceptors (Lipinski definition) is 0. The van der Waals surface area contributed by atoms with E-state index in [2.05, 4.69) is 0 Å². The van der Waals surface area contributed by atoms with Crippen molar-refractivity contribution in [2.24, 2.45) is 0 Å². The molecule has 11 heavy (non-hydrogen) atoms. The summed E-state index contributed by atoms with van der Waals surface area (Å²) in [5.74, 6) is 0. The number of hydrogen-bond donors (Lipinski definition) is 0. The molecule has 0 aromatic heterocycles. The van der Waals surface area contributed by atoms with Crippen LogP contribution in [0.5, 0.6) is 0 Å². The van der Waals surface area contributed by atoms with Crippen molar-refractivity contribution in [1.82, 2.24) is 0 Å². The van der Waals surface area contributed by atoms with Gasteiger partial charge in [-0.3, -0.25) is 0 Å². The Labute approximate surface area is 72.4 Å². The van der Waals surface area contributed by atoms with Crippen LogP contribution < -0.4 is 0 Å². The normalized spacial score (nSPS) is 11.5. The molecule has 0 spiro atoms. The van der Waals surface area contributed by atoms with Gasteiger partial charge in [0.2, 0.25) is 0 Å². The van der Waals surface area contributed by atoms with Crippen molar-refractivity contribution in [3.05, 3.63) is 35.9 Å². The summed E-state index contributed by atoms with van der Waals surface area (Å²) in [6.45, 7) is 0.